The average Bonchev–Trinajstić information content (AvgIpc) is 2.78. The summed E-state index contributed by atoms with van der Waals surface area (Å²) >= 11 is 0. The summed E-state index contributed by atoms with van der Waals surface area (Å²) in [6, 6.07) is 22.8. The SMILES string of the molecule is Cc1cc(=O)oc2cc(OCC(=O)Oc3ccc(-c4ccc(C#N)cc4)cc3)ccc12. The van der Waals surface area contributed by atoms with Crippen LogP contribution < -0.4 is 15.1 Å². The molecule has 0 fully saturated rings. The molecule has 0 aliphatic heterocycles. The monoisotopic (exact) mass is 411 g/mol. The molecule has 1 heterocycles. The smallest absolute Gasteiger partial charge is 0.349 e. The molecule has 0 spiro atoms. The van der Waals surface area contributed by atoms with Gasteiger partial charge in [-0.3, -0.25) is 0 Å². The third-order valence-electron chi connectivity index (χ3n) is 4.71. The Hall–Kier alpha value is -4.37. The van der Waals surface area contributed by atoms with E-state index in [9.17, 15) is 9.59 Å². The highest BCUT2D eigenvalue weighted by Gasteiger charge is 2.09. The molecule has 152 valence electrons. The lowest BCUT2D eigenvalue weighted by Gasteiger charge is -2.08. The number of rotatable bonds is 5. The van der Waals surface area contributed by atoms with Crippen molar-refractivity contribution in [2.24, 2.45) is 0 Å². The number of hydrogen-bond acceptors (Lipinski definition) is 6. The van der Waals surface area contributed by atoms with Crippen LogP contribution in [0.15, 0.2) is 82.0 Å². The molecule has 0 atom stereocenters. The summed E-state index contributed by atoms with van der Waals surface area (Å²) < 4.78 is 16.0. The zero-order valence-electron chi connectivity index (χ0n) is 16.6. The third kappa shape index (κ3) is 4.62. The maximum absolute atomic E-state index is 12.1. The fourth-order valence-corrected chi connectivity index (χ4v) is 3.15. The van der Waals surface area contributed by atoms with Crippen molar-refractivity contribution in [3.05, 3.63) is 94.3 Å². The van der Waals surface area contributed by atoms with Gasteiger partial charge in [-0.15, -0.1) is 0 Å². The van der Waals surface area contributed by atoms with Crippen LogP contribution in [0, 0.1) is 18.3 Å². The van der Waals surface area contributed by atoms with E-state index in [1.165, 1.54) is 6.07 Å². The number of ether oxygens (including phenoxy) is 2. The van der Waals surface area contributed by atoms with Crippen molar-refractivity contribution in [1.82, 2.24) is 0 Å². The van der Waals surface area contributed by atoms with E-state index < -0.39 is 11.6 Å². The quantitative estimate of drug-likeness (QED) is 0.270. The van der Waals surface area contributed by atoms with Gasteiger partial charge in [0.1, 0.15) is 17.1 Å². The molecule has 4 rings (SSSR count). The number of nitriles is 1. The maximum atomic E-state index is 12.1. The number of aryl methyl sites for hydroxylation is 1. The molecule has 0 N–H and O–H groups in total. The van der Waals surface area contributed by atoms with Gasteiger partial charge in [-0.05, 0) is 60.0 Å². The largest absolute Gasteiger partial charge is 0.482 e. The molecule has 0 aliphatic rings. The van der Waals surface area contributed by atoms with E-state index >= 15 is 0 Å². The van der Waals surface area contributed by atoms with E-state index in [1.807, 2.05) is 31.2 Å². The minimum absolute atomic E-state index is 0.293. The summed E-state index contributed by atoms with van der Waals surface area (Å²) in [7, 11) is 0. The molecule has 1 aromatic heterocycles. The summed E-state index contributed by atoms with van der Waals surface area (Å²) in [6.07, 6.45) is 0. The summed E-state index contributed by atoms with van der Waals surface area (Å²) in [6.45, 7) is 1.53. The first-order chi connectivity index (χ1) is 15.0. The number of nitrogens with zero attached hydrogens (tertiary/aromatic N) is 1. The molecule has 0 aliphatic carbocycles. The van der Waals surface area contributed by atoms with Gasteiger partial charge in [0, 0.05) is 17.5 Å². The van der Waals surface area contributed by atoms with Gasteiger partial charge in [-0.25, -0.2) is 9.59 Å². The van der Waals surface area contributed by atoms with E-state index in [0.29, 0.717) is 22.6 Å². The van der Waals surface area contributed by atoms with Crippen molar-refractivity contribution in [2.75, 3.05) is 6.61 Å². The highest BCUT2D eigenvalue weighted by Crippen LogP contribution is 2.24. The molecule has 0 unspecified atom stereocenters. The van der Waals surface area contributed by atoms with Gasteiger partial charge in [0.05, 0.1) is 11.6 Å². The van der Waals surface area contributed by atoms with Crippen LogP contribution in [0.4, 0.5) is 0 Å². The molecule has 3 aromatic carbocycles. The molecule has 0 saturated carbocycles. The molecule has 0 bridgehead atoms. The van der Waals surface area contributed by atoms with Gasteiger partial charge in [-0.1, -0.05) is 24.3 Å². The Bertz CT molecular complexity index is 1350. The summed E-state index contributed by atoms with van der Waals surface area (Å²) in [4.78, 5) is 23.7. The van der Waals surface area contributed by atoms with Crippen molar-refractivity contribution < 1.29 is 18.7 Å². The normalized spacial score (nSPS) is 10.5. The van der Waals surface area contributed by atoms with Gasteiger partial charge in [-0.2, -0.15) is 5.26 Å². The maximum Gasteiger partial charge on any atom is 0.349 e. The zero-order valence-corrected chi connectivity index (χ0v) is 16.6. The summed E-state index contributed by atoms with van der Waals surface area (Å²) in [5.41, 5.74) is 3.26. The minimum Gasteiger partial charge on any atom is -0.482 e. The Morgan fingerprint density at radius 3 is 2.26 bits per heavy atom. The van der Waals surface area contributed by atoms with Crippen LogP contribution in [0.3, 0.4) is 0 Å². The molecule has 4 aromatic rings. The molecule has 0 amide bonds. The Balaban J connectivity index is 1.38. The second-order valence-corrected chi connectivity index (χ2v) is 6.88. The predicted octanol–water partition coefficient (Wildman–Crippen LogP) is 4.62. The average molecular weight is 411 g/mol. The minimum atomic E-state index is -0.558. The van der Waals surface area contributed by atoms with Gasteiger partial charge in [0.25, 0.3) is 0 Å². The summed E-state index contributed by atoms with van der Waals surface area (Å²) in [5.74, 6) is 0.234. The third-order valence-corrected chi connectivity index (χ3v) is 4.71. The van der Waals surface area contributed by atoms with Crippen LogP contribution in [0.25, 0.3) is 22.1 Å². The van der Waals surface area contributed by atoms with Crippen molar-refractivity contribution in [2.45, 2.75) is 6.92 Å². The first-order valence-electron chi connectivity index (χ1n) is 9.50. The molecular weight excluding hydrogens is 394 g/mol. The van der Waals surface area contributed by atoms with Crippen LogP contribution in [0.2, 0.25) is 0 Å². The van der Waals surface area contributed by atoms with Crippen molar-refractivity contribution in [3.8, 4) is 28.7 Å². The van der Waals surface area contributed by atoms with Crippen molar-refractivity contribution in [3.63, 3.8) is 0 Å². The van der Waals surface area contributed by atoms with Gasteiger partial charge in [0.15, 0.2) is 6.61 Å². The van der Waals surface area contributed by atoms with E-state index in [2.05, 4.69) is 6.07 Å². The van der Waals surface area contributed by atoms with E-state index in [-0.39, 0.29) is 6.61 Å². The standard InChI is InChI=1S/C25H17NO5/c1-16-12-24(27)31-23-13-21(10-11-22(16)23)29-15-25(28)30-20-8-6-19(7-9-20)18-4-2-17(14-26)3-5-18/h2-13H,15H2,1H3. The molecule has 0 saturated heterocycles. The Kier molecular flexibility index (Phi) is 5.50. The lowest BCUT2D eigenvalue weighted by atomic mass is 10.0. The molecule has 6 nitrogen and oxygen atoms in total. The molecule has 6 heteroatoms. The van der Waals surface area contributed by atoms with Crippen molar-refractivity contribution >= 4 is 16.9 Å². The van der Waals surface area contributed by atoms with E-state index in [1.54, 1.807) is 42.5 Å². The first kappa shape index (κ1) is 19.9. The lowest BCUT2D eigenvalue weighted by molar-refractivity contribution is -0.136. The fraction of sp³-hybridized carbons (Fsp3) is 0.0800. The highest BCUT2D eigenvalue weighted by molar-refractivity contribution is 5.81. The number of esters is 1. The number of fused-ring (bicyclic) bond motifs is 1. The van der Waals surface area contributed by atoms with E-state index in [0.717, 1.165) is 22.1 Å². The van der Waals surface area contributed by atoms with Crippen LogP contribution in [0.1, 0.15) is 11.1 Å². The second-order valence-electron chi connectivity index (χ2n) is 6.88. The fourth-order valence-electron chi connectivity index (χ4n) is 3.15. The second kappa shape index (κ2) is 8.56. The van der Waals surface area contributed by atoms with E-state index in [4.69, 9.17) is 19.2 Å². The number of benzene rings is 3. The number of carbonyl (C=O) groups excluding carboxylic acids is 1. The van der Waals surface area contributed by atoms with Gasteiger partial charge < -0.3 is 13.9 Å². The van der Waals surface area contributed by atoms with Crippen LogP contribution in [0.5, 0.6) is 11.5 Å². The number of carbonyl (C=O) groups is 1. The van der Waals surface area contributed by atoms with Crippen LogP contribution in [-0.4, -0.2) is 12.6 Å². The Morgan fingerprint density at radius 1 is 0.935 bits per heavy atom. The van der Waals surface area contributed by atoms with Crippen LogP contribution >= 0.6 is 0 Å². The summed E-state index contributed by atoms with van der Waals surface area (Å²) in [5, 5.41) is 9.68. The lowest BCUT2D eigenvalue weighted by Crippen LogP contribution is -2.17. The zero-order chi connectivity index (χ0) is 21.8. The van der Waals surface area contributed by atoms with Crippen LogP contribution in [-0.2, 0) is 4.79 Å². The number of hydrogen-bond donors (Lipinski definition) is 0. The van der Waals surface area contributed by atoms with Gasteiger partial charge >= 0.3 is 11.6 Å². The highest BCUT2D eigenvalue weighted by atomic mass is 16.6. The Labute approximate surface area is 177 Å². The molecule has 0 radical (unpaired) electrons. The Morgan fingerprint density at radius 2 is 1.58 bits per heavy atom. The molecular formula is C25H17NO5. The topological polar surface area (TPSA) is 89.5 Å². The first-order valence-corrected chi connectivity index (χ1v) is 9.50. The van der Waals surface area contributed by atoms with Crippen molar-refractivity contribution in [1.29, 1.82) is 5.26 Å². The predicted molar refractivity (Wildman–Crippen MR) is 115 cm³/mol. The molecule has 31 heavy (non-hydrogen) atoms. The van der Waals surface area contributed by atoms with Gasteiger partial charge in [0.2, 0.25) is 0 Å².